The zero-order valence-corrected chi connectivity index (χ0v) is 16.6. The molecule has 0 unspecified atom stereocenters. The van der Waals surface area contributed by atoms with Gasteiger partial charge in [0.1, 0.15) is 6.07 Å². The summed E-state index contributed by atoms with van der Waals surface area (Å²) in [4.78, 5) is 6.25. The van der Waals surface area contributed by atoms with Gasteiger partial charge in [-0.05, 0) is 29.8 Å². The van der Waals surface area contributed by atoms with Crippen molar-refractivity contribution in [3.63, 3.8) is 0 Å². The minimum Gasteiger partial charge on any atom is -0.419 e. The van der Waals surface area contributed by atoms with Crippen LogP contribution in [0.1, 0.15) is 11.3 Å². The maximum absolute atomic E-state index is 12.2. The Morgan fingerprint density at radius 3 is 2.25 bits per heavy atom. The molecule has 0 saturated heterocycles. The molecular formula is C20H20N4O3S. The molecule has 1 heterocycles. The van der Waals surface area contributed by atoms with E-state index in [2.05, 4.69) is 11.1 Å². The van der Waals surface area contributed by atoms with Crippen molar-refractivity contribution in [2.75, 3.05) is 26.0 Å². The van der Waals surface area contributed by atoms with E-state index in [0.717, 1.165) is 9.87 Å². The van der Waals surface area contributed by atoms with Crippen molar-refractivity contribution < 1.29 is 12.8 Å². The van der Waals surface area contributed by atoms with Gasteiger partial charge in [0.15, 0.2) is 0 Å². The second-order valence-corrected chi connectivity index (χ2v) is 8.59. The SMILES string of the molecule is CN(Cc1ccccc1)c1oc(-c2ccc(S(=O)(=O)N(C)C)cc2)nc1C#N. The second kappa shape index (κ2) is 7.84. The van der Waals surface area contributed by atoms with Crippen molar-refractivity contribution in [3.05, 3.63) is 65.9 Å². The van der Waals surface area contributed by atoms with E-state index < -0.39 is 10.0 Å². The number of rotatable bonds is 6. The number of sulfonamides is 1. The van der Waals surface area contributed by atoms with Crippen LogP contribution in [-0.2, 0) is 16.6 Å². The van der Waals surface area contributed by atoms with Gasteiger partial charge in [-0.25, -0.2) is 12.7 Å². The van der Waals surface area contributed by atoms with Gasteiger partial charge < -0.3 is 9.32 Å². The first-order valence-corrected chi connectivity index (χ1v) is 9.96. The molecule has 0 amide bonds. The number of nitriles is 1. The molecule has 3 aromatic rings. The molecule has 0 spiro atoms. The van der Waals surface area contributed by atoms with Crippen LogP contribution in [0.4, 0.5) is 5.88 Å². The third-order valence-electron chi connectivity index (χ3n) is 4.20. The number of hydrogen-bond donors (Lipinski definition) is 0. The average Bonchev–Trinajstić information content (AvgIpc) is 3.13. The Balaban J connectivity index is 1.89. The van der Waals surface area contributed by atoms with Crippen LogP contribution < -0.4 is 4.90 Å². The van der Waals surface area contributed by atoms with E-state index in [1.807, 2.05) is 42.3 Å². The van der Waals surface area contributed by atoms with Gasteiger partial charge >= 0.3 is 0 Å². The maximum Gasteiger partial charge on any atom is 0.242 e. The summed E-state index contributed by atoms with van der Waals surface area (Å²) >= 11 is 0. The van der Waals surface area contributed by atoms with Crippen molar-refractivity contribution in [1.82, 2.24) is 9.29 Å². The van der Waals surface area contributed by atoms with E-state index in [0.29, 0.717) is 18.0 Å². The lowest BCUT2D eigenvalue weighted by Gasteiger charge is -2.15. The lowest BCUT2D eigenvalue weighted by atomic mass is 10.2. The Morgan fingerprint density at radius 1 is 1.04 bits per heavy atom. The number of anilines is 1. The normalized spacial score (nSPS) is 11.4. The van der Waals surface area contributed by atoms with Gasteiger partial charge in [0, 0.05) is 33.3 Å². The monoisotopic (exact) mass is 396 g/mol. The third kappa shape index (κ3) is 3.91. The zero-order chi connectivity index (χ0) is 20.3. The molecule has 0 N–H and O–H groups in total. The molecule has 144 valence electrons. The van der Waals surface area contributed by atoms with Crippen LogP contribution in [0.2, 0.25) is 0 Å². The highest BCUT2D eigenvalue weighted by Crippen LogP contribution is 2.29. The molecule has 8 heteroatoms. The van der Waals surface area contributed by atoms with Crippen molar-refractivity contribution in [3.8, 4) is 17.5 Å². The van der Waals surface area contributed by atoms with Crippen LogP contribution in [-0.4, -0.2) is 38.9 Å². The first kappa shape index (κ1) is 19.6. The van der Waals surface area contributed by atoms with E-state index in [4.69, 9.17) is 4.42 Å². The summed E-state index contributed by atoms with van der Waals surface area (Å²) in [6, 6.07) is 18.1. The van der Waals surface area contributed by atoms with E-state index >= 15 is 0 Å². The maximum atomic E-state index is 12.2. The highest BCUT2D eigenvalue weighted by Gasteiger charge is 2.20. The highest BCUT2D eigenvalue weighted by molar-refractivity contribution is 7.89. The van der Waals surface area contributed by atoms with Gasteiger partial charge in [-0.2, -0.15) is 10.2 Å². The second-order valence-electron chi connectivity index (χ2n) is 6.44. The van der Waals surface area contributed by atoms with E-state index in [-0.39, 0.29) is 16.5 Å². The van der Waals surface area contributed by atoms with Crippen molar-refractivity contribution in [2.24, 2.45) is 0 Å². The fourth-order valence-electron chi connectivity index (χ4n) is 2.68. The van der Waals surface area contributed by atoms with Crippen LogP contribution in [0.25, 0.3) is 11.5 Å². The van der Waals surface area contributed by atoms with Crippen molar-refractivity contribution in [1.29, 1.82) is 5.26 Å². The Bertz CT molecular complexity index is 1100. The van der Waals surface area contributed by atoms with Crippen LogP contribution >= 0.6 is 0 Å². The van der Waals surface area contributed by atoms with Crippen molar-refractivity contribution in [2.45, 2.75) is 11.4 Å². The zero-order valence-electron chi connectivity index (χ0n) is 15.8. The molecule has 7 nitrogen and oxygen atoms in total. The van der Waals surface area contributed by atoms with Crippen LogP contribution in [0.3, 0.4) is 0 Å². The minimum absolute atomic E-state index is 0.176. The number of hydrogen-bond acceptors (Lipinski definition) is 6. The molecule has 0 saturated carbocycles. The lowest BCUT2D eigenvalue weighted by molar-refractivity contribution is 0.520. The highest BCUT2D eigenvalue weighted by atomic mass is 32.2. The molecule has 28 heavy (non-hydrogen) atoms. The smallest absolute Gasteiger partial charge is 0.242 e. The van der Waals surface area contributed by atoms with Gasteiger partial charge in [-0.1, -0.05) is 30.3 Å². The molecule has 0 fully saturated rings. The molecular weight excluding hydrogens is 376 g/mol. The Kier molecular flexibility index (Phi) is 5.49. The molecule has 0 radical (unpaired) electrons. The summed E-state index contributed by atoms with van der Waals surface area (Å²) in [5.74, 6) is 0.631. The quantitative estimate of drug-likeness (QED) is 0.636. The van der Waals surface area contributed by atoms with Crippen molar-refractivity contribution >= 4 is 15.9 Å². The Morgan fingerprint density at radius 2 is 1.68 bits per heavy atom. The van der Waals surface area contributed by atoms with E-state index in [9.17, 15) is 13.7 Å². The average molecular weight is 396 g/mol. The largest absolute Gasteiger partial charge is 0.419 e. The van der Waals surface area contributed by atoms with Gasteiger partial charge in [0.2, 0.25) is 27.5 Å². The topological polar surface area (TPSA) is 90.4 Å². The fourth-order valence-corrected chi connectivity index (χ4v) is 3.58. The fraction of sp³-hybridized carbons (Fsp3) is 0.200. The predicted molar refractivity (Wildman–Crippen MR) is 106 cm³/mol. The van der Waals surface area contributed by atoms with Crippen LogP contribution in [0.5, 0.6) is 0 Å². The Labute approximate surface area is 164 Å². The molecule has 2 aromatic carbocycles. The Hall–Kier alpha value is -3.15. The summed E-state index contributed by atoms with van der Waals surface area (Å²) < 4.78 is 31.4. The van der Waals surface area contributed by atoms with Gasteiger partial charge in [-0.15, -0.1) is 0 Å². The molecule has 3 rings (SSSR count). The summed E-state index contributed by atoms with van der Waals surface area (Å²) in [6.45, 7) is 0.560. The van der Waals surface area contributed by atoms with E-state index in [1.54, 1.807) is 12.1 Å². The first-order chi connectivity index (χ1) is 13.3. The van der Waals surface area contributed by atoms with E-state index in [1.165, 1.54) is 26.2 Å². The van der Waals surface area contributed by atoms with Gasteiger partial charge in [-0.3, -0.25) is 0 Å². The minimum atomic E-state index is -3.51. The van der Waals surface area contributed by atoms with Gasteiger partial charge in [0.25, 0.3) is 0 Å². The molecule has 0 aliphatic rings. The molecule has 0 aliphatic heterocycles. The van der Waals surface area contributed by atoms with Crippen LogP contribution in [0.15, 0.2) is 63.9 Å². The summed E-state index contributed by atoms with van der Waals surface area (Å²) in [5, 5.41) is 9.42. The lowest BCUT2D eigenvalue weighted by Crippen LogP contribution is -2.22. The summed E-state index contributed by atoms with van der Waals surface area (Å²) in [7, 11) is 1.27. The van der Waals surface area contributed by atoms with Gasteiger partial charge in [0.05, 0.1) is 4.90 Å². The number of nitrogens with zero attached hydrogens (tertiary/aromatic N) is 4. The summed E-state index contributed by atoms with van der Waals surface area (Å²) in [6.07, 6.45) is 0. The number of aromatic nitrogens is 1. The molecule has 0 aliphatic carbocycles. The third-order valence-corrected chi connectivity index (χ3v) is 6.03. The van der Waals surface area contributed by atoms with Crippen LogP contribution in [0, 0.1) is 11.3 Å². The molecule has 1 aromatic heterocycles. The summed E-state index contributed by atoms with van der Waals surface area (Å²) in [5.41, 5.74) is 1.84. The standard InChI is InChI=1S/C20H20N4O3S/c1-23(2)28(25,26)17-11-9-16(10-12-17)19-22-18(13-21)20(27-19)24(3)14-15-7-5-4-6-8-15/h4-12H,14H2,1-3H3. The first-order valence-electron chi connectivity index (χ1n) is 8.52. The number of oxazole rings is 1. The molecule has 0 atom stereocenters. The predicted octanol–water partition coefficient (Wildman–Crippen LogP) is 3.10. The number of benzene rings is 2. The molecule has 0 bridgehead atoms.